The molecule has 0 unspecified atom stereocenters. The normalized spacial score (nSPS) is 14.8. The van der Waals surface area contributed by atoms with Crippen LogP contribution in [0.25, 0.3) is 6.08 Å². The Kier molecular flexibility index (Phi) is 4.37. The fourth-order valence-corrected chi connectivity index (χ4v) is 2.23. The molecule has 0 amide bonds. The van der Waals surface area contributed by atoms with E-state index in [9.17, 15) is 13.6 Å². The molecule has 0 aliphatic heterocycles. The van der Waals surface area contributed by atoms with Crippen LogP contribution in [0.2, 0.25) is 0 Å². The van der Waals surface area contributed by atoms with Gasteiger partial charge < -0.3 is 10.0 Å². The van der Waals surface area contributed by atoms with Gasteiger partial charge >= 0.3 is 5.97 Å². The van der Waals surface area contributed by atoms with Crippen molar-refractivity contribution in [2.75, 3.05) is 11.4 Å². The number of carboxylic acid groups (broad SMARTS) is 1. The smallest absolute Gasteiger partial charge is 0.328 e. The molecular formula is C15H17F2NO2. The van der Waals surface area contributed by atoms with Gasteiger partial charge in [-0.25, -0.2) is 13.6 Å². The third-order valence-corrected chi connectivity index (χ3v) is 3.20. The van der Waals surface area contributed by atoms with Gasteiger partial charge in [0.2, 0.25) is 0 Å². The zero-order chi connectivity index (χ0) is 14.7. The van der Waals surface area contributed by atoms with Gasteiger partial charge in [0.25, 0.3) is 0 Å². The summed E-state index contributed by atoms with van der Waals surface area (Å²) in [5, 5.41) is 8.52. The molecule has 5 heteroatoms. The minimum Gasteiger partial charge on any atom is -0.478 e. The maximum Gasteiger partial charge on any atom is 0.328 e. The van der Waals surface area contributed by atoms with Gasteiger partial charge in [0, 0.05) is 18.7 Å². The van der Waals surface area contributed by atoms with Gasteiger partial charge in [0.1, 0.15) is 17.3 Å². The van der Waals surface area contributed by atoms with E-state index < -0.39 is 17.6 Å². The standard InChI is InChI=1S/C15H17F2NO2/c1-2-7-18(11-4-5-11)15-12(16)8-10(9-13(15)17)3-6-14(19)20/h3,6,8-9,11H,2,4-5,7H2,1H3,(H,19,20). The lowest BCUT2D eigenvalue weighted by Crippen LogP contribution is -2.28. The topological polar surface area (TPSA) is 40.5 Å². The van der Waals surface area contributed by atoms with Crippen LogP contribution in [0.5, 0.6) is 0 Å². The van der Waals surface area contributed by atoms with Gasteiger partial charge in [0.15, 0.2) is 0 Å². The summed E-state index contributed by atoms with van der Waals surface area (Å²) < 4.78 is 28.3. The summed E-state index contributed by atoms with van der Waals surface area (Å²) in [4.78, 5) is 12.2. The Hall–Kier alpha value is -1.91. The van der Waals surface area contributed by atoms with Crippen molar-refractivity contribution in [3.63, 3.8) is 0 Å². The third kappa shape index (κ3) is 3.35. The van der Waals surface area contributed by atoms with Crippen LogP contribution in [-0.2, 0) is 4.79 Å². The van der Waals surface area contributed by atoms with E-state index in [2.05, 4.69) is 0 Å². The third-order valence-electron chi connectivity index (χ3n) is 3.20. The number of rotatable bonds is 6. The van der Waals surface area contributed by atoms with Crippen molar-refractivity contribution in [1.82, 2.24) is 0 Å². The predicted molar refractivity (Wildman–Crippen MR) is 73.7 cm³/mol. The van der Waals surface area contributed by atoms with E-state index in [1.54, 1.807) is 4.90 Å². The first kappa shape index (κ1) is 14.5. The summed E-state index contributed by atoms with van der Waals surface area (Å²) in [5.74, 6) is -2.44. The summed E-state index contributed by atoms with van der Waals surface area (Å²) >= 11 is 0. The molecule has 1 saturated carbocycles. The average Bonchev–Trinajstić information content (AvgIpc) is 3.18. The first-order valence-corrected chi connectivity index (χ1v) is 6.69. The summed E-state index contributed by atoms with van der Waals surface area (Å²) in [6.07, 6.45) is 4.77. The van der Waals surface area contributed by atoms with Crippen molar-refractivity contribution in [3.8, 4) is 0 Å². The van der Waals surface area contributed by atoms with E-state index in [-0.39, 0.29) is 17.3 Å². The molecule has 20 heavy (non-hydrogen) atoms. The number of carboxylic acids is 1. The van der Waals surface area contributed by atoms with Crippen molar-refractivity contribution < 1.29 is 18.7 Å². The largest absolute Gasteiger partial charge is 0.478 e. The summed E-state index contributed by atoms with van der Waals surface area (Å²) in [6, 6.07) is 2.56. The molecule has 1 aliphatic carbocycles. The number of hydrogen-bond donors (Lipinski definition) is 1. The van der Waals surface area contributed by atoms with Crippen molar-refractivity contribution in [2.45, 2.75) is 32.2 Å². The molecule has 2 rings (SSSR count). The molecule has 0 heterocycles. The zero-order valence-corrected chi connectivity index (χ0v) is 11.3. The molecule has 0 bridgehead atoms. The fourth-order valence-electron chi connectivity index (χ4n) is 2.23. The monoisotopic (exact) mass is 281 g/mol. The number of aliphatic carboxylic acids is 1. The number of nitrogens with zero attached hydrogens (tertiary/aromatic N) is 1. The molecule has 0 saturated heterocycles. The molecular weight excluding hydrogens is 264 g/mol. The summed E-state index contributed by atoms with van der Waals surface area (Å²) in [6.45, 7) is 2.58. The van der Waals surface area contributed by atoms with Crippen molar-refractivity contribution in [3.05, 3.63) is 35.4 Å². The first-order valence-electron chi connectivity index (χ1n) is 6.69. The first-order chi connectivity index (χ1) is 9.52. The predicted octanol–water partition coefficient (Wildman–Crippen LogP) is 3.44. The Balaban J connectivity index is 2.32. The molecule has 0 spiro atoms. The zero-order valence-electron chi connectivity index (χ0n) is 11.3. The molecule has 1 aromatic rings. The fraction of sp³-hybridized carbons (Fsp3) is 0.400. The Morgan fingerprint density at radius 1 is 1.40 bits per heavy atom. The molecule has 0 atom stereocenters. The van der Waals surface area contributed by atoms with E-state index in [0.717, 1.165) is 25.3 Å². The van der Waals surface area contributed by atoms with Crippen LogP contribution in [0, 0.1) is 11.6 Å². The lowest BCUT2D eigenvalue weighted by atomic mass is 10.1. The lowest BCUT2D eigenvalue weighted by Gasteiger charge is -2.25. The highest BCUT2D eigenvalue weighted by atomic mass is 19.1. The second-order valence-corrected chi connectivity index (χ2v) is 4.93. The second-order valence-electron chi connectivity index (χ2n) is 4.93. The quantitative estimate of drug-likeness (QED) is 0.812. The van der Waals surface area contributed by atoms with Gasteiger partial charge in [-0.2, -0.15) is 0 Å². The van der Waals surface area contributed by atoms with E-state index >= 15 is 0 Å². The van der Waals surface area contributed by atoms with Crippen LogP contribution < -0.4 is 4.90 Å². The highest BCUT2D eigenvalue weighted by Crippen LogP contribution is 2.35. The second kappa shape index (κ2) is 6.03. The number of halogens is 2. The Labute approximate surface area is 116 Å². The van der Waals surface area contributed by atoms with Crippen LogP contribution in [0.1, 0.15) is 31.7 Å². The Morgan fingerprint density at radius 2 is 2.00 bits per heavy atom. The SMILES string of the molecule is CCCN(c1c(F)cc(C=CC(=O)O)cc1F)C1CC1. The maximum absolute atomic E-state index is 14.1. The number of carbonyl (C=O) groups is 1. The molecule has 108 valence electrons. The minimum absolute atomic E-state index is 0.00169. The molecule has 0 aromatic heterocycles. The van der Waals surface area contributed by atoms with Crippen molar-refractivity contribution in [1.29, 1.82) is 0 Å². The van der Waals surface area contributed by atoms with Crippen LogP contribution in [-0.4, -0.2) is 23.7 Å². The molecule has 1 fully saturated rings. The average molecular weight is 281 g/mol. The van der Waals surface area contributed by atoms with Crippen LogP contribution >= 0.6 is 0 Å². The Bertz CT molecular complexity index is 516. The van der Waals surface area contributed by atoms with Gasteiger partial charge in [-0.1, -0.05) is 6.92 Å². The van der Waals surface area contributed by atoms with Gasteiger partial charge in [0.05, 0.1) is 0 Å². The van der Waals surface area contributed by atoms with Crippen LogP contribution in [0.15, 0.2) is 18.2 Å². The van der Waals surface area contributed by atoms with E-state index in [0.29, 0.717) is 6.54 Å². The van der Waals surface area contributed by atoms with E-state index in [1.165, 1.54) is 18.2 Å². The van der Waals surface area contributed by atoms with Gasteiger partial charge in [-0.3, -0.25) is 0 Å². The summed E-state index contributed by atoms with van der Waals surface area (Å²) in [5.41, 5.74) is 0.209. The highest BCUT2D eigenvalue weighted by molar-refractivity contribution is 5.85. The molecule has 1 N–H and O–H groups in total. The highest BCUT2D eigenvalue weighted by Gasteiger charge is 2.32. The number of anilines is 1. The van der Waals surface area contributed by atoms with E-state index in [1.807, 2.05) is 6.92 Å². The maximum atomic E-state index is 14.1. The van der Waals surface area contributed by atoms with Crippen LogP contribution in [0.3, 0.4) is 0 Å². The Morgan fingerprint density at radius 3 is 2.45 bits per heavy atom. The van der Waals surface area contributed by atoms with Gasteiger partial charge in [-0.15, -0.1) is 0 Å². The molecule has 1 aromatic carbocycles. The van der Waals surface area contributed by atoms with Gasteiger partial charge in [-0.05, 0) is 43.0 Å². The van der Waals surface area contributed by atoms with Crippen LogP contribution in [0.4, 0.5) is 14.5 Å². The van der Waals surface area contributed by atoms with Crippen molar-refractivity contribution in [2.24, 2.45) is 0 Å². The number of hydrogen-bond acceptors (Lipinski definition) is 2. The summed E-state index contributed by atoms with van der Waals surface area (Å²) in [7, 11) is 0. The number of benzene rings is 1. The van der Waals surface area contributed by atoms with E-state index in [4.69, 9.17) is 5.11 Å². The molecule has 1 aliphatic rings. The lowest BCUT2D eigenvalue weighted by molar-refractivity contribution is -0.131. The molecule has 3 nitrogen and oxygen atoms in total. The minimum atomic E-state index is -1.15. The molecule has 0 radical (unpaired) electrons. The van der Waals surface area contributed by atoms with Crippen molar-refractivity contribution >= 4 is 17.7 Å².